The molecule has 1 aliphatic rings. The Morgan fingerprint density at radius 3 is 2.44 bits per heavy atom. The van der Waals surface area contributed by atoms with Gasteiger partial charge in [0.15, 0.2) is 5.78 Å². The Bertz CT molecular complexity index is 393. The van der Waals surface area contributed by atoms with Crippen LogP contribution in [0, 0.1) is 11.7 Å². The Kier molecular flexibility index (Phi) is 4.48. The number of aliphatic hydroxyl groups is 1. The zero-order valence-electron chi connectivity index (χ0n) is 10.4. The van der Waals surface area contributed by atoms with E-state index < -0.39 is 6.10 Å². The summed E-state index contributed by atoms with van der Waals surface area (Å²) in [6.45, 7) is 0. The van der Waals surface area contributed by atoms with Crippen molar-refractivity contribution in [2.75, 3.05) is 0 Å². The van der Waals surface area contributed by atoms with Crippen molar-refractivity contribution in [2.45, 2.75) is 44.6 Å². The molecule has 1 aromatic carbocycles. The highest BCUT2D eigenvalue weighted by molar-refractivity contribution is 5.85. The molecule has 0 saturated heterocycles. The molecule has 0 spiro atoms. The summed E-state index contributed by atoms with van der Waals surface area (Å²) >= 11 is 0. The molecule has 2 rings (SSSR count). The maximum atomic E-state index is 12.7. The fraction of sp³-hybridized carbons (Fsp3) is 0.533. The molecule has 0 aliphatic heterocycles. The topological polar surface area (TPSA) is 37.3 Å². The SMILES string of the molecule is O=C(Cc1ccc(F)cc1)C(O)C1CCCCC1. The van der Waals surface area contributed by atoms with E-state index in [1.807, 2.05) is 0 Å². The fourth-order valence-corrected chi connectivity index (χ4v) is 2.62. The van der Waals surface area contributed by atoms with E-state index in [4.69, 9.17) is 0 Å². The van der Waals surface area contributed by atoms with E-state index in [1.54, 1.807) is 12.1 Å². The fourth-order valence-electron chi connectivity index (χ4n) is 2.62. The first-order valence-corrected chi connectivity index (χ1v) is 6.62. The van der Waals surface area contributed by atoms with E-state index in [1.165, 1.54) is 18.6 Å². The maximum Gasteiger partial charge on any atom is 0.165 e. The van der Waals surface area contributed by atoms with E-state index in [2.05, 4.69) is 0 Å². The third kappa shape index (κ3) is 3.39. The van der Waals surface area contributed by atoms with Crippen LogP contribution in [0.1, 0.15) is 37.7 Å². The van der Waals surface area contributed by atoms with Crippen molar-refractivity contribution in [3.8, 4) is 0 Å². The quantitative estimate of drug-likeness (QED) is 0.892. The molecule has 0 bridgehead atoms. The van der Waals surface area contributed by atoms with Gasteiger partial charge in [-0.15, -0.1) is 0 Å². The highest BCUT2D eigenvalue weighted by Crippen LogP contribution is 2.27. The molecule has 98 valence electrons. The van der Waals surface area contributed by atoms with Gasteiger partial charge in [-0.2, -0.15) is 0 Å². The van der Waals surface area contributed by atoms with Crippen LogP contribution in [0.4, 0.5) is 4.39 Å². The molecular weight excluding hydrogens is 231 g/mol. The van der Waals surface area contributed by atoms with E-state index in [-0.39, 0.29) is 23.9 Å². The molecule has 1 fully saturated rings. The van der Waals surface area contributed by atoms with Crippen LogP contribution in [0.2, 0.25) is 0 Å². The van der Waals surface area contributed by atoms with E-state index >= 15 is 0 Å². The normalized spacial score (nSPS) is 18.6. The van der Waals surface area contributed by atoms with Gasteiger partial charge in [0.25, 0.3) is 0 Å². The van der Waals surface area contributed by atoms with Gasteiger partial charge in [0.05, 0.1) is 0 Å². The number of carbonyl (C=O) groups is 1. The Balaban J connectivity index is 1.92. The Morgan fingerprint density at radius 2 is 1.83 bits per heavy atom. The van der Waals surface area contributed by atoms with Gasteiger partial charge in [-0.05, 0) is 36.5 Å². The van der Waals surface area contributed by atoms with Crippen LogP contribution in [0.5, 0.6) is 0 Å². The second-order valence-electron chi connectivity index (χ2n) is 5.11. The van der Waals surface area contributed by atoms with Crippen molar-refractivity contribution in [3.05, 3.63) is 35.6 Å². The standard InChI is InChI=1S/C15H19FO2/c16-13-8-6-11(7-9-13)10-14(17)15(18)12-4-2-1-3-5-12/h6-9,12,15,18H,1-5,10H2. The van der Waals surface area contributed by atoms with Gasteiger partial charge in [-0.25, -0.2) is 4.39 Å². The molecule has 1 atom stereocenters. The molecular formula is C15H19FO2. The summed E-state index contributed by atoms with van der Waals surface area (Å²) < 4.78 is 12.7. The Labute approximate surface area is 107 Å². The summed E-state index contributed by atoms with van der Waals surface area (Å²) in [4.78, 5) is 12.0. The van der Waals surface area contributed by atoms with Gasteiger partial charge >= 0.3 is 0 Å². The molecule has 0 radical (unpaired) electrons. The van der Waals surface area contributed by atoms with Crippen LogP contribution in [-0.4, -0.2) is 17.0 Å². The Hall–Kier alpha value is -1.22. The van der Waals surface area contributed by atoms with Crippen molar-refractivity contribution >= 4 is 5.78 Å². The third-order valence-electron chi connectivity index (χ3n) is 3.72. The molecule has 1 N–H and O–H groups in total. The van der Waals surface area contributed by atoms with E-state index in [0.717, 1.165) is 31.2 Å². The second-order valence-corrected chi connectivity index (χ2v) is 5.11. The number of hydrogen-bond donors (Lipinski definition) is 1. The number of aliphatic hydroxyl groups excluding tert-OH is 1. The minimum Gasteiger partial charge on any atom is -0.385 e. The van der Waals surface area contributed by atoms with Gasteiger partial charge in [-0.1, -0.05) is 31.4 Å². The van der Waals surface area contributed by atoms with Gasteiger partial charge in [0, 0.05) is 6.42 Å². The summed E-state index contributed by atoms with van der Waals surface area (Å²) in [7, 11) is 0. The van der Waals surface area contributed by atoms with Crippen molar-refractivity contribution in [1.82, 2.24) is 0 Å². The smallest absolute Gasteiger partial charge is 0.165 e. The van der Waals surface area contributed by atoms with Crippen molar-refractivity contribution in [1.29, 1.82) is 0 Å². The molecule has 1 aliphatic carbocycles. The minimum atomic E-state index is -0.852. The van der Waals surface area contributed by atoms with Crippen LogP contribution in [0.15, 0.2) is 24.3 Å². The number of carbonyl (C=O) groups excluding carboxylic acids is 1. The maximum absolute atomic E-state index is 12.7. The average Bonchev–Trinajstić information content (AvgIpc) is 2.41. The second kappa shape index (κ2) is 6.10. The van der Waals surface area contributed by atoms with E-state index in [0.29, 0.717) is 0 Å². The lowest BCUT2D eigenvalue weighted by Gasteiger charge is -2.25. The van der Waals surface area contributed by atoms with Gasteiger partial charge in [-0.3, -0.25) is 4.79 Å². The zero-order valence-corrected chi connectivity index (χ0v) is 10.4. The van der Waals surface area contributed by atoms with Crippen LogP contribution in [-0.2, 0) is 11.2 Å². The lowest BCUT2D eigenvalue weighted by atomic mass is 9.83. The molecule has 0 heterocycles. The molecule has 0 amide bonds. The molecule has 1 saturated carbocycles. The predicted octanol–water partition coefficient (Wildman–Crippen LogP) is 2.88. The first kappa shape index (κ1) is 13.2. The summed E-state index contributed by atoms with van der Waals surface area (Å²) in [6.07, 6.45) is 4.63. The van der Waals surface area contributed by atoms with Crippen LogP contribution in [0.3, 0.4) is 0 Å². The van der Waals surface area contributed by atoms with Gasteiger partial charge in [0.2, 0.25) is 0 Å². The summed E-state index contributed by atoms with van der Waals surface area (Å²) in [5.74, 6) is -0.334. The van der Waals surface area contributed by atoms with Gasteiger partial charge in [0.1, 0.15) is 11.9 Å². The molecule has 2 nitrogen and oxygen atoms in total. The molecule has 1 unspecified atom stereocenters. The molecule has 18 heavy (non-hydrogen) atoms. The summed E-state index contributed by atoms with van der Waals surface area (Å²) in [5.41, 5.74) is 0.760. The van der Waals surface area contributed by atoms with E-state index in [9.17, 15) is 14.3 Å². The summed E-state index contributed by atoms with van der Waals surface area (Å²) in [5, 5.41) is 10.0. The summed E-state index contributed by atoms with van der Waals surface area (Å²) in [6, 6.07) is 5.88. The number of benzene rings is 1. The first-order chi connectivity index (χ1) is 8.66. The van der Waals surface area contributed by atoms with Crippen LogP contribution >= 0.6 is 0 Å². The molecule has 0 aromatic heterocycles. The first-order valence-electron chi connectivity index (χ1n) is 6.62. The lowest BCUT2D eigenvalue weighted by molar-refractivity contribution is -0.129. The monoisotopic (exact) mass is 250 g/mol. The average molecular weight is 250 g/mol. The highest BCUT2D eigenvalue weighted by Gasteiger charge is 2.27. The van der Waals surface area contributed by atoms with Crippen LogP contribution in [0.25, 0.3) is 0 Å². The van der Waals surface area contributed by atoms with Crippen molar-refractivity contribution < 1.29 is 14.3 Å². The Morgan fingerprint density at radius 1 is 1.22 bits per heavy atom. The van der Waals surface area contributed by atoms with Crippen LogP contribution < -0.4 is 0 Å². The van der Waals surface area contributed by atoms with Gasteiger partial charge < -0.3 is 5.11 Å². The third-order valence-corrected chi connectivity index (χ3v) is 3.72. The molecule has 3 heteroatoms. The lowest BCUT2D eigenvalue weighted by Crippen LogP contribution is -2.32. The molecule has 1 aromatic rings. The minimum absolute atomic E-state index is 0.117. The zero-order chi connectivity index (χ0) is 13.0. The predicted molar refractivity (Wildman–Crippen MR) is 67.7 cm³/mol. The number of halogens is 1. The largest absolute Gasteiger partial charge is 0.385 e. The van der Waals surface area contributed by atoms with Crippen molar-refractivity contribution in [3.63, 3.8) is 0 Å². The number of ketones is 1. The number of Topliss-reactive ketones (excluding diaryl/α,β-unsaturated/α-hetero) is 1. The number of rotatable bonds is 4. The highest BCUT2D eigenvalue weighted by atomic mass is 19.1. The number of hydrogen-bond acceptors (Lipinski definition) is 2. The van der Waals surface area contributed by atoms with Crippen molar-refractivity contribution in [2.24, 2.45) is 5.92 Å².